The number of nitrogens with two attached hydrogens (primary N) is 1. The number of allylic oxidation sites excluding steroid dienone is 4. The monoisotopic (exact) mass is 203 g/mol. The van der Waals surface area contributed by atoms with Crippen LogP contribution in [-0.4, -0.2) is 12.4 Å². The predicted octanol–water partition coefficient (Wildman–Crippen LogP) is 1.88. The summed E-state index contributed by atoms with van der Waals surface area (Å²) in [4.78, 5) is 0. The lowest BCUT2D eigenvalue weighted by Gasteiger charge is -2.08. The van der Waals surface area contributed by atoms with Crippen LogP contribution in [0.5, 0.6) is 0 Å². The molecule has 76 valence electrons. The number of hydrogen-bond donors (Lipinski definition) is 2. The summed E-state index contributed by atoms with van der Waals surface area (Å²) in [5.41, 5.74) is 3.07. The van der Waals surface area contributed by atoms with Gasteiger partial charge in [0, 0.05) is 17.5 Å². The number of rotatable bonds is 2. The molecule has 0 spiro atoms. The molecule has 0 aliphatic heterocycles. The van der Waals surface area contributed by atoms with Gasteiger partial charge < -0.3 is 11.1 Å². The van der Waals surface area contributed by atoms with Crippen molar-refractivity contribution in [1.29, 1.82) is 10.7 Å². The normalized spacial score (nSPS) is 14.4. The highest BCUT2D eigenvalue weighted by molar-refractivity contribution is 5.75. The smallest absolute Gasteiger partial charge is 0.397 e. The number of hydrogen-bond acceptors (Lipinski definition) is 3. The largest absolute Gasteiger partial charge is 0.417 e. The first-order valence-electron chi connectivity index (χ1n) is 3.48. The molecule has 0 heterocycles. The van der Waals surface area contributed by atoms with Crippen molar-refractivity contribution >= 4 is 6.21 Å². The van der Waals surface area contributed by atoms with E-state index in [1.54, 1.807) is 0 Å². The number of alkyl halides is 3. The van der Waals surface area contributed by atoms with Crippen LogP contribution in [0, 0.1) is 16.7 Å². The van der Waals surface area contributed by atoms with E-state index >= 15 is 0 Å². The van der Waals surface area contributed by atoms with Gasteiger partial charge in [-0.15, -0.1) is 0 Å². The number of halogens is 3. The minimum Gasteiger partial charge on any atom is -0.397 e. The molecule has 0 unspecified atom stereocenters. The van der Waals surface area contributed by atoms with Gasteiger partial charge in [-0.2, -0.15) is 18.4 Å². The molecule has 14 heavy (non-hydrogen) atoms. The standard InChI is InChI=1S/C8H8F3N3/c1-5(3-12)7(8(9,10)11)2-6(14)4-13/h2,4,13H,14H2,1H3/b6-2+,7-5-,13-4?. The van der Waals surface area contributed by atoms with E-state index in [4.69, 9.17) is 16.4 Å². The van der Waals surface area contributed by atoms with E-state index in [9.17, 15) is 13.2 Å². The topological polar surface area (TPSA) is 73.7 Å². The van der Waals surface area contributed by atoms with E-state index in [1.807, 2.05) is 0 Å². The molecule has 0 radical (unpaired) electrons. The first-order valence-corrected chi connectivity index (χ1v) is 3.48. The molecule has 3 N–H and O–H groups in total. The summed E-state index contributed by atoms with van der Waals surface area (Å²) in [6.07, 6.45) is -3.49. The molecule has 0 aromatic heterocycles. The Hall–Kier alpha value is -1.77. The van der Waals surface area contributed by atoms with Crippen LogP contribution in [0.1, 0.15) is 6.92 Å². The van der Waals surface area contributed by atoms with Crippen LogP contribution < -0.4 is 5.73 Å². The van der Waals surface area contributed by atoms with Gasteiger partial charge in [0.2, 0.25) is 0 Å². The zero-order valence-corrected chi connectivity index (χ0v) is 7.31. The predicted molar refractivity (Wildman–Crippen MR) is 45.4 cm³/mol. The van der Waals surface area contributed by atoms with Crippen LogP contribution in [0.4, 0.5) is 13.2 Å². The highest BCUT2D eigenvalue weighted by Gasteiger charge is 2.34. The maximum Gasteiger partial charge on any atom is 0.417 e. The Kier molecular flexibility index (Phi) is 3.90. The fourth-order valence-corrected chi connectivity index (χ4v) is 0.671. The van der Waals surface area contributed by atoms with Crippen LogP contribution in [0.3, 0.4) is 0 Å². The van der Waals surface area contributed by atoms with Gasteiger partial charge in [0.05, 0.1) is 11.6 Å². The van der Waals surface area contributed by atoms with Crippen molar-refractivity contribution < 1.29 is 13.2 Å². The highest BCUT2D eigenvalue weighted by atomic mass is 19.4. The fourth-order valence-electron chi connectivity index (χ4n) is 0.671. The molecular formula is C8H8F3N3. The van der Waals surface area contributed by atoms with E-state index in [0.29, 0.717) is 12.3 Å². The van der Waals surface area contributed by atoms with Crippen molar-refractivity contribution in [3.63, 3.8) is 0 Å². The zero-order chi connectivity index (χ0) is 11.4. The van der Waals surface area contributed by atoms with Crippen LogP contribution in [0.25, 0.3) is 0 Å². The van der Waals surface area contributed by atoms with Crippen LogP contribution in [0.15, 0.2) is 22.9 Å². The lowest BCUT2D eigenvalue weighted by Crippen LogP contribution is -2.14. The van der Waals surface area contributed by atoms with E-state index in [-0.39, 0.29) is 5.70 Å². The molecular weight excluding hydrogens is 195 g/mol. The molecule has 0 rings (SSSR count). The van der Waals surface area contributed by atoms with Gasteiger partial charge in [-0.1, -0.05) is 0 Å². The molecule has 3 nitrogen and oxygen atoms in total. The van der Waals surface area contributed by atoms with Gasteiger partial charge in [0.1, 0.15) is 0 Å². The van der Waals surface area contributed by atoms with Gasteiger partial charge in [-0.05, 0) is 13.0 Å². The van der Waals surface area contributed by atoms with Crippen molar-refractivity contribution in [3.8, 4) is 6.07 Å². The minimum absolute atomic E-state index is 0.355. The summed E-state index contributed by atoms with van der Waals surface area (Å²) in [6, 6.07) is 1.39. The summed E-state index contributed by atoms with van der Waals surface area (Å²) >= 11 is 0. The maximum absolute atomic E-state index is 12.3. The fraction of sp³-hybridized carbons (Fsp3) is 0.250. The summed E-state index contributed by atoms with van der Waals surface area (Å²) < 4.78 is 36.8. The zero-order valence-electron chi connectivity index (χ0n) is 7.31. The number of nitrogens with zero attached hydrogens (tertiary/aromatic N) is 1. The second-order valence-corrected chi connectivity index (χ2v) is 2.44. The minimum atomic E-state index is -4.63. The van der Waals surface area contributed by atoms with E-state index in [2.05, 4.69) is 0 Å². The van der Waals surface area contributed by atoms with Crippen LogP contribution >= 0.6 is 0 Å². The molecule has 0 atom stereocenters. The first-order chi connectivity index (χ1) is 6.32. The summed E-state index contributed by atoms with van der Waals surface area (Å²) in [5.74, 6) is 0. The molecule has 0 aromatic carbocycles. The van der Waals surface area contributed by atoms with E-state index < -0.39 is 17.3 Å². The average molecular weight is 203 g/mol. The van der Waals surface area contributed by atoms with Crippen molar-refractivity contribution in [3.05, 3.63) is 22.9 Å². The van der Waals surface area contributed by atoms with Crippen molar-refractivity contribution in [2.45, 2.75) is 13.1 Å². The third-order valence-corrected chi connectivity index (χ3v) is 1.35. The Labute approximate surface area is 78.8 Å². The van der Waals surface area contributed by atoms with E-state index in [1.165, 1.54) is 6.07 Å². The molecule has 0 saturated heterocycles. The van der Waals surface area contributed by atoms with Gasteiger partial charge in [-0.25, -0.2) is 0 Å². The van der Waals surface area contributed by atoms with Crippen molar-refractivity contribution in [2.75, 3.05) is 0 Å². The molecule has 0 fully saturated rings. The Morgan fingerprint density at radius 3 is 2.29 bits per heavy atom. The molecule has 0 bridgehead atoms. The third-order valence-electron chi connectivity index (χ3n) is 1.35. The van der Waals surface area contributed by atoms with Crippen LogP contribution in [0.2, 0.25) is 0 Å². The maximum atomic E-state index is 12.3. The van der Waals surface area contributed by atoms with Crippen LogP contribution in [-0.2, 0) is 0 Å². The van der Waals surface area contributed by atoms with Gasteiger partial charge in [-0.3, -0.25) is 0 Å². The Morgan fingerprint density at radius 1 is 1.50 bits per heavy atom. The van der Waals surface area contributed by atoms with Gasteiger partial charge in [0.25, 0.3) is 0 Å². The van der Waals surface area contributed by atoms with Crippen molar-refractivity contribution in [2.24, 2.45) is 5.73 Å². The Bertz CT molecular complexity index is 331. The third kappa shape index (κ3) is 3.31. The van der Waals surface area contributed by atoms with Gasteiger partial charge >= 0.3 is 6.18 Å². The number of nitriles is 1. The highest BCUT2D eigenvalue weighted by Crippen LogP contribution is 2.29. The lowest BCUT2D eigenvalue weighted by atomic mass is 10.1. The summed E-state index contributed by atoms with van der Waals surface area (Å²) in [7, 11) is 0. The Balaban J connectivity index is 5.40. The average Bonchev–Trinajstić information content (AvgIpc) is 2.10. The first kappa shape index (κ1) is 12.2. The molecule has 0 aliphatic rings. The number of nitrogens with one attached hydrogen (secondary N) is 1. The molecule has 0 saturated carbocycles. The lowest BCUT2D eigenvalue weighted by molar-refractivity contribution is -0.0887. The second kappa shape index (κ2) is 4.46. The molecule has 0 amide bonds. The Morgan fingerprint density at radius 2 is 2.00 bits per heavy atom. The second-order valence-electron chi connectivity index (χ2n) is 2.44. The quantitative estimate of drug-likeness (QED) is 0.408. The molecule has 0 aliphatic carbocycles. The van der Waals surface area contributed by atoms with Crippen molar-refractivity contribution in [1.82, 2.24) is 0 Å². The van der Waals surface area contributed by atoms with E-state index in [0.717, 1.165) is 6.92 Å². The summed E-state index contributed by atoms with van der Waals surface area (Å²) in [6.45, 7) is 1.04. The molecule has 0 aromatic rings. The summed E-state index contributed by atoms with van der Waals surface area (Å²) in [5, 5.41) is 14.9. The van der Waals surface area contributed by atoms with Gasteiger partial charge in [0.15, 0.2) is 0 Å². The molecule has 6 heteroatoms. The SMILES string of the molecule is C/C(C#N)=C(\C=C(\N)C=N)C(F)(F)F.